The molecule has 7 nitrogen and oxygen atoms in total. The summed E-state index contributed by atoms with van der Waals surface area (Å²) in [6.07, 6.45) is 3.62. The molecule has 0 radical (unpaired) electrons. The highest BCUT2D eigenvalue weighted by atomic mass is 16.6. The Bertz CT molecular complexity index is 557. The van der Waals surface area contributed by atoms with E-state index in [9.17, 15) is 15.2 Å². The molecule has 2 rings (SSSR count). The fourth-order valence-electron chi connectivity index (χ4n) is 3.34. The van der Waals surface area contributed by atoms with Gasteiger partial charge in [-0.1, -0.05) is 0 Å². The smallest absolute Gasteiger partial charge is 0.314 e. The molecule has 0 aromatic carbocycles. The van der Waals surface area contributed by atoms with Gasteiger partial charge in [-0.15, -0.1) is 0 Å². The molecule has 1 aliphatic heterocycles. The van der Waals surface area contributed by atoms with Crippen LogP contribution >= 0.6 is 0 Å². The first-order valence-corrected chi connectivity index (χ1v) is 8.63. The van der Waals surface area contributed by atoms with Crippen molar-refractivity contribution < 1.29 is 10.0 Å². The predicted molar refractivity (Wildman–Crippen MR) is 94.4 cm³/mol. The molecule has 0 unspecified atom stereocenters. The number of rotatable bonds is 7. The summed E-state index contributed by atoms with van der Waals surface area (Å²) in [4.78, 5) is 19.6. The number of piperidine rings is 1. The van der Waals surface area contributed by atoms with Crippen LogP contribution in [-0.2, 0) is 0 Å². The van der Waals surface area contributed by atoms with Gasteiger partial charge < -0.3 is 10.0 Å². The SMILES string of the molecule is Cc1ccnc(N2CCC(CN(CCO)C(C)C)CC2)c1[N+](=O)[O-]. The second-order valence-corrected chi connectivity index (χ2v) is 6.80. The molecule has 24 heavy (non-hydrogen) atoms. The molecule has 2 heterocycles. The zero-order valence-corrected chi connectivity index (χ0v) is 14.8. The number of aryl methyl sites for hydroxylation is 1. The van der Waals surface area contributed by atoms with Crippen molar-refractivity contribution in [3.63, 3.8) is 0 Å². The lowest BCUT2D eigenvalue weighted by atomic mass is 9.95. The molecule has 0 spiro atoms. The van der Waals surface area contributed by atoms with Crippen LogP contribution in [0.15, 0.2) is 12.3 Å². The van der Waals surface area contributed by atoms with Crippen LogP contribution in [0.3, 0.4) is 0 Å². The highest BCUT2D eigenvalue weighted by Crippen LogP contribution is 2.32. The van der Waals surface area contributed by atoms with Crippen LogP contribution in [0.1, 0.15) is 32.3 Å². The maximum absolute atomic E-state index is 11.4. The van der Waals surface area contributed by atoms with Crippen LogP contribution in [0.4, 0.5) is 11.5 Å². The van der Waals surface area contributed by atoms with Crippen LogP contribution in [0.5, 0.6) is 0 Å². The molecule has 1 saturated heterocycles. The normalized spacial score (nSPS) is 16.2. The van der Waals surface area contributed by atoms with E-state index in [0.717, 1.165) is 32.5 Å². The average molecular weight is 336 g/mol. The molecular formula is C17H28N4O3. The van der Waals surface area contributed by atoms with Crippen LogP contribution < -0.4 is 4.90 Å². The van der Waals surface area contributed by atoms with Crippen molar-refractivity contribution in [2.75, 3.05) is 37.7 Å². The molecular weight excluding hydrogens is 308 g/mol. The zero-order valence-electron chi connectivity index (χ0n) is 14.8. The van der Waals surface area contributed by atoms with Gasteiger partial charge in [-0.2, -0.15) is 0 Å². The Morgan fingerprint density at radius 3 is 2.67 bits per heavy atom. The number of aliphatic hydroxyl groups is 1. The Hall–Kier alpha value is -1.73. The van der Waals surface area contributed by atoms with Gasteiger partial charge in [0.05, 0.1) is 11.5 Å². The minimum atomic E-state index is -0.328. The fraction of sp³-hybridized carbons (Fsp3) is 0.706. The van der Waals surface area contributed by atoms with E-state index in [2.05, 4.69) is 23.7 Å². The largest absolute Gasteiger partial charge is 0.395 e. The van der Waals surface area contributed by atoms with E-state index in [1.54, 1.807) is 19.2 Å². The van der Waals surface area contributed by atoms with E-state index in [1.807, 2.05) is 4.90 Å². The number of aromatic nitrogens is 1. The first-order chi connectivity index (χ1) is 11.4. The minimum Gasteiger partial charge on any atom is -0.395 e. The van der Waals surface area contributed by atoms with Gasteiger partial charge in [-0.3, -0.25) is 15.0 Å². The lowest BCUT2D eigenvalue weighted by Gasteiger charge is -2.36. The summed E-state index contributed by atoms with van der Waals surface area (Å²) < 4.78 is 0. The van der Waals surface area contributed by atoms with Gasteiger partial charge in [0, 0.05) is 44.0 Å². The average Bonchev–Trinajstić information content (AvgIpc) is 2.54. The molecule has 0 amide bonds. The monoisotopic (exact) mass is 336 g/mol. The van der Waals surface area contributed by atoms with E-state index in [4.69, 9.17) is 0 Å². The first kappa shape index (κ1) is 18.6. The third-order valence-electron chi connectivity index (χ3n) is 4.81. The number of nitrogens with zero attached hydrogens (tertiary/aromatic N) is 4. The molecule has 1 fully saturated rings. The fourth-order valence-corrected chi connectivity index (χ4v) is 3.34. The van der Waals surface area contributed by atoms with Gasteiger partial charge in [-0.05, 0) is 45.6 Å². The van der Waals surface area contributed by atoms with Crippen molar-refractivity contribution in [2.45, 2.75) is 39.7 Å². The summed E-state index contributed by atoms with van der Waals surface area (Å²) in [5.74, 6) is 1.05. The molecule has 0 saturated carbocycles. The molecule has 0 atom stereocenters. The molecule has 1 aromatic rings. The van der Waals surface area contributed by atoms with E-state index in [-0.39, 0.29) is 17.2 Å². The summed E-state index contributed by atoms with van der Waals surface area (Å²) in [6, 6.07) is 2.10. The van der Waals surface area contributed by atoms with Crippen LogP contribution in [0, 0.1) is 23.0 Å². The number of hydrogen-bond acceptors (Lipinski definition) is 6. The second kappa shape index (κ2) is 8.39. The Morgan fingerprint density at radius 2 is 2.12 bits per heavy atom. The molecule has 0 aliphatic carbocycles. The van der Waals surface area contributed by atoms with Crippen LogP contribution in [-0.4, -0.2) is 58.7 Å². The van der Waals surface area contributed by atoms with Crippen LogP contribution in [0.25, 0.3) is 0 Å². The summed E-state index contributed by atoms with van der Waals surface area (Å²) in [5.41, 5.74) is 0.779. The zero-order chi connectivity index (χ0) is 17.7. The summed E-state index contributed by atoms with van der Waals surface area (Å²) in [6.45, 7) is 9.45. The molecule has 7 heteroatoms. The number of pyridine rings is 1. The summed E-state index contributed by atoms with van der Waals surface area (Å²) in [5, 5.41) is 20.5. The van der Waals surface area contributed by atoms with Gasteiger partial charge in [0.2, 0.25) is 5.82 Å². The molecule has 134 valence electrons. The lowest BCUT2D eigenvalue weighted by molar-refractivity contribution is -0.384. The molecule has 0 bridgehead atoms. The number of hydrogen-bond donors (Lipinski definition) is 1. The second-order valence-electron chi connectivity index (χ2n) is 6.80. The number of nitro groups is 1. The third kappa shape index (κ3) is 4.42. The Morgan fingerprint density at radius 1 is 1.46 bits per heavy atom. The van der Waals surface area contributed by atoms with Crippen molar-refractivity contribution in [1.82, 2.24) is 9.88 Å². The maximum atomic E-state index is 11.4. The van der Waals surface area contributed by atoms with Gasteiger partial charge in [-0.25, -0.2) is 4.98 Å². The van der Waals surface area contributed by atoms with E-state index < -0.39 is 0 Å². The third-order valence-corrected chi connectivity index (χ3v) is 4.81. The quantitative estimate of drug-likeness (QED) is 0.607. The van der Waals surface area contributed by atoms with Gasteiger partial charge in [0.1, 0.15) is 0 Å². The summed E-state index contributed by atoms with van der Waals surface area (Å²) in [7, 11) is 0. The Balaban J connectivity index is 2.01. The lowest BCUT2D eigenvalue weighted by Crippen LogP contribution is -2.42. The van der Waals surface area contributed by atoms with Crippen molar-refractivity contribution in [3.05, 3.63) is 27.9 Å². The van der Waals surface area contributed by atoms with Gasteiger partial charge >= 0.3 is 5.69 Å². The minimum absolute atomic E-state index is 0.125. The van der Waals surface area contributed by atoms with Gasteiger partial charge in [0.15, 0.2) is 0 Å². The maximum Gasteiger partial charge on any atom is 0.314 e. The highest BCUT2D eigenvalue weighted by Gasteiger charge is 2.28. The summed E-state index contributed by atoms with van der Waals surface area (Å²) >= 11 is 0. The number of anilines is 1. The van der Waals surface area contributed by atoms with Crippen molar-refractivity contribution in [2.24, 2.45) is 5.92 Å². The van der Waals surface area contributed by atoms with Crippen molar-refractivity contribution in [3.8, 4) is 0 Å². The van der Waals surface area contributed by atoms with E-state index in [0.29, 0.717) is 29.9 Å². The van der Waals surface area contributed by atoms with E-state index >= 15 is 0 Å². The Labute approximate surface area is 143 Å². The Kier molecular flexibility index (Phi) is 6.51. The molecule has 1 aromatic heterocycles. The predicted octanol–water partition coefficient (Wildman–Crippen LogP) is 2.22. The molecule has 1 N–H and O–H groups in total. The standard InChI is InChI=1S/C17H28N4O3/c1-13(2)20(10-11-22)12-15-5-8-19(9-6-15)17-16(21(23)24)14(3)4-7-18-17/h4,7,13,15,22H,5-6,8-12H2,1-3H3. The first-order valence-electron chi connectivity index (χ1n) is 8.63. The highest BCUT2D eigenvalue weighted by molar-refractivity contribution is 5.61. The molecule has 1 aliphatic rings. The van der Waals surface area contributed by atoms with Gasteiger partial charge in [0.25, 0.3) is 0 Å². The number of aliphatic hydroxyl groups excluding tert-OH is 1. The van der Waals surface area contributed by atoms with E-state index in [1.165, 1.54) is 0 Å². The topological polar surface area (TPSA) is 82.7 Å². The van der Waals surface area contributed by atoms with Crippen molar-refractivity contribution in [1.29, 1.82) is 0 Å². The van der Waals surface area contributed by atoms with Crippen LogP contribution in [0.2, 0.25) is 0 Å². The van der Waals surface area contributed by atoms with Crippen molar-refractivity contribution >= 4 is 11.5 Å².